The van der Waals surface area contributed by atoms with Gasteiger partial charge in [-0.3, -0.25) is 4.79 Å². The minimum atomic E-state index is 0.0636. The summed E-state index contributed by atoms with van der Waals surface area (Å²) in [6.07, 6.45) is 4.75. The zero-order valence-corrected chi connectivity index (χ0v) is 15.9. The minimum absolute atomic E-state index is 0.0636. The van der Waals surface area contributed by atoms with Gasteiger partial charge in [-0.1, -0.05) is 43.7 Å². The summed E-state index contributed by atoms with van der Waals surface area (Å²) in [6, 6.07) is 8.19. The number of carbonyl (C=O) groups excluding carboxylic acids is 1. The monoisotopic (exact) mass is 369 g/mol. The first-order chi connectivity index (χ1) is 12.6. The molecule has 1 aromatic carbocycles. The predicted molar refractivity (Wildman–Crippen MR) is 103 cm³/mol. The number of fused-ring (bicyclic) bond motifs is 3. The molecule has 1 amide bonds. The number of carbonyl (C=O) groups is 1. The quantitative estimate of drug-likeness (QED) is 0.564. The molecule has 1 saturated carbocycles. The van der Waals surface area contributed by atoms with Gasteiger partial charge in [-0.05, 0) is 37.8 Å². The number of rotatable bonds is 4. The molecule has 1 fully saturated rings. The molecule has 0 spiro atoms. The van der Waals surface area contributed by atoms with Crippen molar-refractivity contribution in [1.82, 2.24) is 24.9 Å². The third-order valence-electron chi connectivity index (χ3n) is 5.05. The number of nitrogens with zero attached hydrogens (tertiary/aromatic N) is 4. The summed E-state index contributed by atoms with van der Waals surface area (Å²) in [7, 11) is 0. The van der Waals surface area contributed by atoms with Gasteiger partial charge in [0.25, 0.3) is 0 Å². The number of aromatic nitrogens is 4. The summed E-state index contributed by atoms with van der Waals surface area (Å²) < 4.78 is 1.75. The molecule has 3 aromatic rings. The average Bonchev–Trinajstić information content (AvgIpc) is 3.03. The fourth-order valence-electron chi connectivity index (χ4n) is 3.64. The predicted octanol–water partition coefficient (Wildman–Crippen LogP) is 3.37. The second kappa shape index (κ2) is 7.23. The molecule has 26 heavy (non-hydrogen) atoms. The van der Waals surface area contributed by atoms with Crippen LogP contribution in [0.15, 0.2) is 29.4 Å². The molecule has 7 heteroatoms. The molecule has 1 N–H and O–H groups in total. The van der Waals surface area contributed by atoms with Crippen molar-refractivity contribution in [2.45, 2.75) is 50.7 Å². The number of nitrogens with one attached hydrogen (secondary N) is 1. The lowest BCUT2D eigenvalue weighted by Gasteiger charge is -2.29. The molecular formula is C19H23N5OS. The van der Waals surface area contributed by atoms with E-state index < -0.39 is 0 Å². The van der Waals surface area contributed by atoms with Gasteiger partial charge < -0.3 is 5.32 Å². The Morgan fingerprint density at radius 3 is 2.92 bits per heavy atom. The van der Waals surface area contributed by atoms with Crippen molar-refractivity contribution in [3.8, 4) is 0 Å². The number of benzene rings is 1. The first kappa shape index (κ1) is 17.3. The molecule has 4 rings (SSSR count). The van der Waals surface area contributed by atoms with Crippen LogP contribution in [0.4, 0.5) is 0 Å². The highest BCUT2D eigenvalue weighted by Gasteiger charge is 2.23. The lowest BCUT2D eigenvalue weighted by Crippen LogP contribution is -2.41. The summed E-state index contributed by atoms with van der Waals surface area (Å²) in [5.74, 6) is 1.66. The Balaban J connectivity index is 1.53. The number of hydrogen-bond acceptors (Lipinski definition) is 5. The molecule has 0 radical (unpaired) electrons. The molecule has 2 aromatic heterocycles. The summed E-state index contributed by atoms with van der Waals surface area (Å²) in [5.41, 5.74) is 1.66. The van der Waals surface area contributed by atoms with E-state index in [2.05, 4.69) is 22.3 Å². The standard InChI is InChI=1S/C19H23N5OS/c1-12-7-3-5-9-15(12)21-17(25)11-26-19-22-16-10-6-4-8-14(16)18-20-13(2)23-24(18)19/h4,6,8,10,12,15H,3,5,7,9,11H2,1-2H3,(H,21,25). The van der Waals surface area contributed by atoms with Gasteiger partial charge in [0.1, 0.15) is 5.82 Å². The molecule has 1 aliphatic carbocycles. The number of thioether (sulfide) groups is 1. The van der Waals surface area contributed by atoms with Gasteiger partial charge in [0.2, 0.25) is 5.91 Å². The van der Waals surface area contributed by atoms with E-state index >= 15 is 0 Å². The number of amides is 1. The highest BCUT2D eigenvalue weighted by Crippen LogP contribution is 2.25. The van der Waals surface area contributed by atoms with Gasteiger partial charge in [-0.2, -0.15) is 4.52 Å². The Bertz CT molecular complexity index is 954. The smallest absolute Gasteiger partial charge is 0.230 e. The van der Waals surface area contributed by atoms with Crippen molar-refractivity contribution in [2.75, 3.05) is 5.75 Å². The first-order valence-corrected chi connectivity index (χ1v) is 10.1. The van der Waals surface area contributed by atoms with Gasteiger partial charge in [-0.25, -0.2) is 9.97 Å². The molecule has 2 atom stereocenters. The van der Waals surface area contributed by atoms with E-state index in [1.165, 1.54) is 31.0 Å². The van der Waals surface area contributed by atoms with E-state index in [0.717, 1.165) is 23.0 Å². The summed E-state index contributed by atoms with van der Waals surface area (Å²) in [4.78, 5) is 21.7. The van der Waals surface area contributed by atoms with Crippen LogP contribution in [-0.2, 0) is 4.79 Å². The van der Waals surface area contributed by atoms with E-state index in [0.29, 0.717) is 28.7 Å². The van der Waals surface area contributed by atoms with E-state index in [-0.39, 0.29) is 5.91 Å². The summed E-state index contributed by atoms with van der Waals surface area (Å²) in [6.45, 7) is 4.09. The zero-order valence-electron chi connectivity index (χ0n) is 15.1. The molecular weight excluding hydrogens is 346 g/mol. The van der Waals surface area contributed by atoms with E-state index in [1.807, 2.05) is 31.2 Å². The van der Waals surface area contributed by atoms with E-state index in [9.17, 15) is 4.79 Å². The molecule has 0 saturated heterocycles. The molecule has 136 valence electrons. The average molecular weight is 369 g/mol. The fourth-order valence-corrected chi connectivity index (χ4v) is 4.39. The van der Waals surface area contributed by atoms with Crippen LogP contribution in [-0.4, -0.2) is 37.3 Å². The van der Waals surface area contributed by atoms with Crippen LogP contribution in [0.3, 0.4) is 0 Å². The third kappa shape index (κ3) is 3.40. The van der Waals surface area contributed by atoms with Crippen molar-refractivity contribution < 1.29 is 4.79 Å². The van der Waals surface area contributed by atoms with Crippen LogP contribution in [0.1, 0.15) is 38.4 Å². The lowest BCUT2D eigenvalue weighted by molar-refractivity contribution is -0.119. The van der Waals surface area contributed by atoms with Crippen LogP contribution in [0, 0.1) is 12.8 Å². The Hall–Kier alpha value is -2.15. The van der Waals surface area contributed by atoms with Gasteiger partial charge >= 0.3 is 0 Å². The minimum Gasteiger partial charge on any atom is -0.352 e. The number of hydrogen-bond donors (Lipinski definition) is 1. The van der Waals surface area contributed by atoms with Gasteiger partial charge in [-0.15, -0.1) is 5.10 Å². The van der Waals surface area contributed by atoms with Crippen molar-refractivity contribution >= 4 is 34.2 Å². The SMILES string of the molecule is Cc1nc2c3ccccc3nc(SCC(=O)NC3CCCCC3C)n2n1. The molecule has 2 heterocycles. The summed E-state index contributed by atoms with van der Waals surface area (Å²) in [5, 5.41) is 9.33. The molecule has 1 aliphatic rings. The van der Waals surface area contributed by atoms with Crippen LogP contribution >= 0.6 is 11.8 Å². The lowest BCUT2D eigenvalue weighted by atomic mass is 9.86. The van der Waals surface area contributed by atoms with Crippen LogP contribution in [0.25, 0.3) is 16.6 Å². The van der Waals surface area contributed by atoms with Gasteiger partial charge in [0, 0.05) is 11.4 Å². The molecule has 2 unspecified atom stereocenters. The Morgan fingerprint density at radius 1 is 1.27 bits per heavy atom. The highest BCUT2D eigenvalue weighted by atomic mass is 32.2. The maximum atomic E-state index is 12.4. The normalized spacial score (nSPS) is 20.5. The van der Waals surface area contributed by atoms with Gasteiger partial charge in [0.15, 0.2) is 10.8 Å². The Morgan fingerprint density at radius 2 is 2.08 bits per heavy atom. The van der Waals surface area contributed by atoms with Crippen molar-refractivity contribution in [1.29, 1.82) is 0 Å². The summed E-state index contributed by atoms with van der Waals surface area (Å²) >= 11 is 1.41. The Labute approximate surface area is 156 Å². The second-order valence-electron chi connectivity index (χ2n) is 7.03. The largest absolute Gasteiger partial charge is 0.352 e. The van der Waals surface area contributed by atoms with Gasteiger partial charge in [0.05, 0.1) is 11.3 Å². The first-order valence-electron chi connectivity index (χ1n) is 9.16. The number of para-hydroxylation sites is 1. The topological polar surface area (TPSA) is 72.2 Å². The fraction of sp³-hybridized carbons (Fsp3) is 0.474. The van der Waals surface area contributed by atoms with Crippen LogP contribution in [0.5, 0.6) is 0 Å². The van der Waals surface area contributed by atoms with Crippen molar-refractivity contribution in [2.24, 2.45) is 5.92 Å². The molecule has 6 nitrogen and oxygen atoms in total. The van der Waals surface area contributed by atoms with E-state index in [1.54, 1.807) is 4.52 Å². The van der Waals surface area contributed by atoms with Crippen molar-refractivity contribution in [3.05, 3.63) is 30.1 Å². The zero-order chi connectivity index (χ0) is 18.1. The molecule has 0 aliphatic heterocycles. The van der Waals surface area contributed by atoms with Crippen LogP contribution in [0.2, 0.25) is 0 Å². The van der Waals surface area contributed by atoms with Crippen LogP contribution < -0.4 is 5.32 Å². The Kier molecular flexibility index (Phi) is 4.80. The number of aryl methyl sites for hydroxylation is 1. The third-order valence-corrected chi connectivity index (χ3v) is 5.97. The maximum absolute atomic E-state index is 12.4. The second-order valence-corrected chi connectivity index (χ2v) is 7.97. The van der Waals surface area contributed by atoms with Crippen molar-refractivity contribution in [3.63, 3.8) is 0 Å². The maximum Gasteiger partial charge on any atom is 0.230 e. The van der Waals surface area contributed by atoms with E-state index in [4.69, 9.17) is 4.98 Å². The molecule has 0 bridgehead atoms. The highest BCUT2D eigenvalue weighted by molar-refractivity contribution is 7.99.